The van der Waals surface area contributed by atoms with E-state index in [9.17, 15) is 4.79 Å². The highest BCUT2D eigenvalue weighted by Gasteiger charge is 2.21. The second-order valence-electron chi connectivity index (χ2n) is 4.80. The summed E-state index contributed by atoms with van der Waals surface area (Å²) in [6.45, 7) is 9.40. The number of hydrogen-bond acceptors (Lipinski definition) is 4. The minimum atomic E-state index is -0.477. The number of carbonyl (C=O) groups is 1. The number of carbonyl (C=O) groups excluding carboxylic acids is 1. The number of aliphatic hydroxyl groups is 1. The minimum Gasteiger partial charge on any atom is -0.444 e. The molecule has 0 fully saturated rings. The van der Waals surface area contributed by atoms with E-state index in [1.54, 1.807) is 4.90 Å². The lowest BCUT2D eigenvalue weighted by molar-refractivity contribution is 0.0155. The van der Waals surface area contributed by atoms with Crippen molar-refractivity contribution in [3.05, 3.63) is 0 Å². The number of hydrogen-bond donors (Lipinski definition) is 1. The van der Waals surface area contributed by atoms with Crippen LogP contribution in [0.25, 0.3) is 0 Å². The molecule has 0 aliphatic rings. The van der Waals surface area contributed by atoms with Crippen LogP contribution < -0.4 is 0 Å². The average Bonchev–Trinajstić information content (AvgIpc) is 2.20. The molecule has 0 aliphatic carbocycles. The van der Waals surface area contributed by atoms with E-state index < -0.39 is 5.60 Å². The Balaban J connectivity index is 4.07. The highest BCUT2D eigenvalue weighted by molar-refractivity contribution is 5.68. The number of rotatable bonds is 7. The van der Waals surface area contributed by atoms with E-state index >= 15 is 0 Å². The second kappa shape index (κ2) is 8.31. The van der Waals surface area contributed by atoms with Gasteiger partial charge in [0.25, 0.3) is 0 Å². The first kappa shape index (κ1) is 16.2. The van der Waals surface area contributed by atoms with Crippen LogP contribution in [0, 0.1) is 0 Å². The molecular weight excluding hydrogens is 222 g/mol. The molecule has 0 bridgehead atoms. The summed E-state index contributed by atoms with van der Waals surface area (Å²) < 4.78 is 10.4. The van der Waals surface area contributed by atoms with E-state index in [4.69, 9.17) is 14.6 Å². The van der Waals surface area contributed by atoms with Gasteiger partial charge >= 0.3 is 6.09 Å². The molecule has 0 atom stereocenters. The molecule has 0 spiro atoms. The molecule has 0 saturated carbocycles. The van der Waals surface area contributed by atoms with Crippen LogP contribution in [0.2, 0.25) is 0 Å². The molecule has 0 aromatic heterocycles. The van der Waals surface area contributed by atoms with Gasteiger partial charge in [-0.1, -0.05) is 6.92 Å². The molecule has 0 heterocycles. The zero-order valence-corrected chi connectivity index (χ0v) is 11.4. The first-order valence-electron chi connectivity index (χ1n) is 6.07. The van der Waals surface area contributed by atoms with Crippen molar-refractivity contribution in [2.45, 2.75) is 39.7 Å². The highest BCUT2D eigenvalue weighted by Crippen LogP contribution is 2.10. The third kappa shape index (κ3) is 8.94. The summed E-state index contributed by atoms with van der Waals surface area (Å²) in [5.74, 6) is 0. The average molecular weight is 247 g/mol. The zero-order valence-electron chi connectivity index (χ0n) is 11.4. The SMILES string of the molecule is CCCN(CCOCCO)C(=O)OC(C)(C)C. The van der Waals surface area contributed by atoms with Crippen LogP contribution in [0.4, 0.5) is 4.79 Å². The summed E-state index contributed by atoms with van der Waals surface area (Å²) in [6, 6.07) is 0. The van der Waals surface area contributed by atoms with Crippen LogP contribution in [0.1, 0.15) is 34.1 Å². The summed E-state index contributed by atoms with van der Waals surface area (Å²) in [4.78, 5) is 13.4. The molecule has 102 valence electrons. The van der Waals surface area contributed by atoms with Crippen molar-refractivity contribution in [2.24, 2.45) is 0 Å². The normalized spacial score (nSPS) is 11.4. The topological polar surface area (TPSA) is 59.0 Å². The molecule has 1 N–H and O–H groups in total. The molecule has 0 radical (unpaired) electrons. The van der Waals surface area contributed by atoms with E-state index in [1.165, 1.54) is 0 Å². The van der Waals surface area contributed by atoms with Gasteiger partial charge in [-0.25, -0.2) is 4.79 Å². The number of ether oxygens (including phenoxy) is 2. The standard InChI is InChI=1S/C12H25NO4/c1-5-6-13(7-9-16-10-8-14)11(15)17-12(2,3)4/h14H,5-10H2,1-4H3. The first-order valence-corrected chi connectivity index (χ1v) is 6.07. The molecule has 1 amide bonds. The fraction of sp³-hybridized carbons (Fsp3) is 0.917. The maximum Gasteiger partial charge on any atom is 0.410 e. The van der Waals surface area contributed by atoms with E-state index in [0.717, 1.165) is 6.42 Å². The predicted octanol–water partition coefficient (Wildman–Crippen LogP) is 1.64. The van der Waals surface area contributed by atoms with Gasteiger partial charge in [0.15, 0.2) is 0 Å². The van der Waals surface area contributed by atoms with Gasteiger partial charge < -0.3 is 19.5 Å². The molecule has 17 heavy (non-hydrogen) atoms. The van der Waals surface area contributed by atoms with Crippen molar-refractivity contribution >= 4 is 6.09 Å². The Morgan fingerprint density at radius 1 is 1.24 bits per heavy atom. The smallest absolute Gasteiger partial charge is 0.410 e. The lowest BCUT2D eigenvalue weighted by atomic mass is 10.2. The van der Waals surface area contributed by atoms with Crippen LogP contribution in [-0.4, -0.2) is 54.6 Å². The van der Waals surface area contributed by atoms with E-state index in [2.05, 4.69) is 0 Å². The van der Waals surface area contributed by atoms with Gasteiger partial charge in [-0.2, -0.15) is 0 Å². The third-order valence-corrected chi connectivity index (χ3v) is 1.89. The van der Waals surface area contributed by atoms with Crippen molar-refractivity contribution in [3.8, 4) is 0 Å². The molecule has 0 saturated heterocycles. The lowest BCUT2D eigenvalue weighted by Crippen LogP contribution is -2.39. The number of nitrogens with zero attached hydrogens (tertiary/aromatic N) is 1. The molecule has 0 aromatic rings. The Labute approximate surface area is 104 Å². The van der Waals surface area contributed by atoms with Crippen molar-refractivity contribution in [1.82, 2.24) is 4.90 Å². The summed E-state index contributed by atoms with van der Waals surface area (Å²) in [5.41, 5.74) is -0.477. The van der Waals surface area contributed by atoms with Crippen LogP contribution in [-0.2, 0) is 9.47 Å². The maximum atomic E-state index is 11.8. The number of amides is 1. The largest absolute Gasteiger partial charge is 0.444 e. The van der Waals surface area contributed by atoms with E-state index in [-0.39, 0.29) is 12.7 Å². The summed E-state index contributed by atoms with van der Waals surface area (Å²) >= 11 is 0. The van der Waals surface area contributed by atoms with Crippen LogP contribution in [0.5, 0.6) is 0 Å². The zero-order chi connectivity index (χ0) is 13.3. The molecule has 0 aromatic carbocycles. The monoisotopic (exact) mass is 247 g/mol. The highest BCUT2D eigenvalue weighted by atomic mass is 16.6. The van der Waals surface area contributed by atoms with Crippen LogP contribution in [0.3, 0.4) is 0 Å². The van der Waals surface area contributed by atoms with Gasteiger partial charge in [0.1, 0.15) is 5.60 Å². The molecule has 0 aliphatic heterocycles. The Bertz CT molecular complexity index is 213. The van der Waals surface area contributed by atoms with Crippen molar-refractivity contribution < 1.29 is 19.4 Å². The fourth-order valence-electron chi connectivity index (χ4n) is 1.23. The predicted molar refractivity (Wildman–Crippen MR) is 66.0 cm³/mol. The minimum absolute atomic E-state index is 0.000214. The Kier molecular flexibility index (Phi) is 7.91. The number of aliphatic hydroxyl groups excluding tert-OH is 1. The fourth-order valence-corrected chi connectivity index (χ4v) is 1.23. The summed E-state index contributed by atoms with van der Waals surface area (Å²) in [6.07, 6.45) is 0.561. The van der Waals surface area contributed by atoms with Crippen molar-refractivity contribution in [2.75, 3.05) is 32.9 Å². The molecule has 0 unspecified atom stereocenters. The Morgan fingerprint density at radius 2 is 1.88 bits per heavy atom. The summed E-state index contributed by atoms with van der Waals surface area (Å²) in [5, 5.41) is 8.57. The van der Waals surface area contributed by atoms with Crippen molar-refractivity contribution in [3.63, 3.8) is 0 Å². The van der Waals surface area contributed by atoms with Gasteiger partial charge in [-0.3, -0.25) is 0 Å². The van der Waals surface area contributed by atoms with Crippen LogP contribution in [0.15, 0.2) is 0 Å². The lowest BCUT2D eigenvalue weighted by Gasteiger charge is -2.27. The van der Waals surface area contributed by atoms with Crippen LogP contribution >= 0.6 is 0 Å². The second-order valence-corrected chi connectivity index (χ2v) is 4.80. The van der Waals surface area contributed by atoms with Gasteiger partial charge in [-0.05, 0) is 27.2 Å². The molecule has 5 heteroatoms. The van der Waals surface area contributed by atoms with Gasteiger partial charge in [0.2, 0.25) is 0 Å². The Hall–Kier alpha value is -0.810. The third-order valence-electron chi connectivity index (χ3n) is 1.89. The molecule has 0 rings (SSSR count). The van der Waals surface area contributed by atoms with Gasteiger partial charge in [0, 0.05) is 13.1 Å². The maximum absolute atomic E-state index is 11.8. The molecular formula is C12H25NO4. The quantitative estimate of drug-likeness (QED) is 0.695. The van der Waals surface area contributed by atoms with Crippen molar-refractivity contribution in [1.29, 1.82) is 0 Å². The van der Waals surface area contributed by atoms with E-state index in [1.807, 2.05) is 27.7 Å². The van der Waals surface area contributed by atoms with Gasteiger partial charge in [0.05, 0.1) is 19.8 Å². The first-order chi connectivity index (χ1) is 7.90. The van der Waals surface area contributed by atoms with Gasteiger partial charge in [-0.15, -0.1) is 0 Å². The Morgan fingerprint density at radius 3 is 2.35 bits per heavy atom. The summed E-state index contributed by atoms with van der Waals surface area (Å²) in [7, 11) is 0. The molecule has 5 nitrogen and oxygen atoms in total. The van der Waals surface area contributed by atoms with E-state index in [0.29, 0.717) is 26.3 Å².